The molecule has 0 amide bonds. The van der Waals surface area contributed by atoms with E-state index in [2.05, 4.69) is 17.0 Å². The summed E-state index contributed by atoms with van der Waals surface area (Å²) in [5, 5.41) is 0. The Hall–Kier alpha value is -1.02. The summed E-state index contributed by atoms with van der Waals surface area (Å²) in [4.78, 5) is 2.07. The van der Waals surface area contributed by atoms with Gasteiger partial charge in [0, 0.05) is 26.3 Å². The van der Waals surface area contributed by atoms with Crippen LogP contribution in [0, 0.1) is 0 Å². The van der Waals surface area contributed by atoms with Crippen molar-refractivity contribution in [2.75, 3.05) is 19.0 Å². The molecule has 1 aromatic rings. The molecule has 0 aliphatic heterocycles. The molecule has 0 atom stereocenters. The monoisotopic (exact) mass is 150 g/mol. The SMILES string of the molecule is CN(C)c1cccc(CN)c1. The molecule has 1 aromatic carbocycles. The zero-order valence-corrected chi connectivity index (χ0v) is 7.04. The van der Waals surface area contributed by atoms with Crippen LogP contribution < -0.4 is 10.6 Å². The van der Waals surface area contributed by atoms with Gasteiger partial charge in [0.1, 0.15) is 0 Å². The van der Waals surface area contributed by atoms with E-state index >= 15 is 0 Å². The van der Waals surface area contributed by atoms with Gasteiger partial charge < -0.3 is 10.6 Å². The first-order valence-electron chi connectivity index (χ1n) is 3.70. The third-order valence-electron chi connectivity index (χ3n) is 1.66. The van der Waals surface area contributed by atoms with Gasteiger partial charge in [-0.1, -0.05) is 12.1 Å². The number of nitrogens with zero attached hydrogens (tertiary/aromatic N) is 1. The molecule has 0 aliphatic carbocycles. The fraction of sp³-hybridized carbons (Fsp3) is 0.333. The van der Waals surface area contributed by atoms with E-state index in [9.17, 15) is 0 Å². The summed E-state index contributed by atoms with van der Waals surface area (Å²) in [6.07, 6.45) is 0. The molecule has 0 unspecified atom stereocenters. The van der Waals surface area contributed by atoms with Crippen LogP contribution in [0.3, 0.4) is 0 Å². The molecule has 2 N–H and O–H groups in total. The van der Waals surface area contributed by atoms with Crippen LogP contribution in [0.1, 0.15) is 5.56 Å². The smallest absolute Gasteiger partial charge is 0.0364 e. The van der Waals surface area contributed by atoms with Crippen molar-refractivity contribution < 1.29 is 0 Å². The summed E-state index contributed by atoms with van der Waals surface area (Å²) in [5.41, 5.74) is 7.88. The first-order chi connectivity index (χ1) is 5.24. The summed E-state index contributed by atoms with van der Waals surface area (Å²) in [6, 6.07) is 8.23. The van der Waals surface area contributed by atoms with Crippen molar-refractivity contribution in [2.45, 2.75) is 6.54 Å². The van der Waals surface area contributed by atoms with E-state index in [1.807, 2.05) is 26.2 Å². The summed E-state index contributed by atoms with van der Waals surface area (Å²) in [5.74, 6) is 0. The van der Waals surface area contributed by atoms with Gasteiger partial charge in [0.15, 0.2) is 0 Å². The Morgan fingerprint density at radius 2 is 2.09 bits per heavy atom. The molecule has 0 fully saturated rings. The van der Waals surface area contributed by atoms with Crippen LogP contribution in [0.25, 0.3) is 0 Å². The largest absolute Gasteiger partial charge is 0.378 e. The fourth-order valence-electron chi connectivity index (χ4n) is 0.962. The molecule has 0 aromatic heterocycles. The third-order valence-corrected chi connectivity index (χ3v) is 1.66. The number of nitrogens with two attached hydrogens (primary N) is 1. The van der Waals surface area contributed by atoms with Crippen molar-refractivity contribution in [1.29, 1.82) is 0 Å². The molecule has 0 aliphatic rings. The lowest BCUT2D eigenvalue weighted by Gasteiger charge is -2.12. The van der Waals surface area contributed by atoms with Crippen LogP contribution in [-0.4, -0.2) is 14.1 Å². The first kappa shape index (κ1) is 8.08. The van der Waals surface area contributed by atoms with E-state index < -0.39 is 0 Å². The maximum atomic E-state index is 5.50. The average Bonchev–Trinajstić information content (AvgIpc) is 2.05. The summed E-state index contributed by atoms with van der Waals surface area (Å²) in [6.45, 7) is 0.613. The highest BCUT2D eigenvalue weighted by molar-refractivity contribution is 5.46. The Kier molecular flexibility index (Phi) is 2.49. The topological polar surface area (TPSA) is 29.3 Å². The predicted octanol–water partition coefficient (Wildman–Crippen LogP) is 1.21. The zero-order chi connectivity index (χ0) is 8.27. The summed E-state index contributed by atoms with van der Waals surface area (Å²) >= 11 is 0. The standard InChI is InChI=1S/C9H14N2/c1-11(2)9-5-3-4-8(6-9)7-10/h3-6H,7,10H2,1-2H3. The van der Waals surface area contributed by atoms with Crippen LogP contribution in [-0.2, 0) is 6.54 Å². The van der Waals surface area contributed by atoms with Crippen LogP contribution in [0.2, 0.25) is 0 Å². The van der Waals surface area contributed by atoms with E-state index in [-0.39, 0.29) is 0 Å². The number of anilines is 1. The Labute approximate surface area is 67.6 Å². The molecule has 11 heavy (non-hydrogen) atoms. The van der Waals surface area contributed by atoms with E-state index in [0.717, 1.165) is 0 Å². The van der Waals surface area contributed by atoms with Gasteiger partial charge in [-0.05, 0) is 17.7 Å². The Morgan fingerprint density at radius 1 is 1.36 bits per heavy atom. The summed E-state index contributed by atoms with van der Waals surface area (Å²) in [7, 11) is 4.05. The molecule has 0 radical (unpaired) electrons. The van der Waals surface area contributed by atoms with E-state index in [1.54, 1.807) is 0 Å². The Morgan fingerprint density at radius 3 is 2.64 bits per heavy atom. The van der Waals surface area contributed by atoms with Gasteiger partial charge in [-0.3, -0.25) is 0 Å². The van der Waals surface area contributed by atoms with Gasteiger partial charge in [-0.25, -0.2) is 0 Å². The minimum absolute atomic E-state index is 0.613. The van der Waals surface area contributed by atoms with Crippen LogP contribution in [0.5, 0.6) is 0 Å². The second-order valence-corrected chi connectivity index (χ2v) is 2.77. The highest BCUT2D eigenvalue weighted by Crippen LogP contribution is 2.12. The van der Waals surface area contributed by atoms with Gasteiger partial charge in [-0.15, -0.1) is 0 Å². The van der Waals surface area contributed by atoms with Crippen LogP contribution >= 0.6 is 0 Å². The second-order valence-electron chi connectivity index (χ2n) is 2.77. The predicted molar refractivity (Wildman–Crippen MR) is 48.7 cm³/mol. The molecule has 0 spiro atoms. The lowest BCUT2D eigenvalue weighted by atomic mass is 10.2. The zero-order valence-electron chi connectivity index (χ0n) is 7.04. The molecule has 1 rings (SSSR count). The van der Waals surface area contributed by atoms with Crippen molar-refractivity contribution >= 4 is 5.69 Å². The summed E-state index contributed by atoms with van der Waals surface area (Å²) < 4.78 is 0. The van der Waals surface area contributed by atoms with Crippen molar-refractivity contribution in [3.63, 3.8) is 0 Å². The Balaban J connectivity index is 2.91. The van der Waals surface area contributed by atoms with E-state index in [4.69, 9.17) is 5.73 Å². The quantitative estimate of drug-likeness (QED) is 0.686. The molecule has 0 bridgehead atoms. The number of benzene rings is 1. The molecule has 0 saturated carbocycles. The Bertz CT molecular complexity index is 231. The lowest BCUT2D eigenvalue weighted by molar-refractivity contribution is 1.06. The number of hydrogen-bond donors (Lipinski definition) is 1. The van der Waals surface area contributed by atoms with Gasteiger partial charge in [0.05, 0.1) is 0 Å². The van der Waals surface area contributed by atoms with Crippen LogP contribution in [0.4, 0.5) is 5.69 Å². The average molecular weight is 150 g/mol. The van der Waals surface area contributed by atoms with Crippen molar-refractivity contribution in [1.82, 2.24) is 0 Å². The highest BCUT2D eigenvalue weighted by Gasteiger charge is 1.94. The fourth-order valence-corrected chi connectivity index (χ4v) is 0.962. The minimum Gasteiger partial charge on any atom is -0.378 e. The first-order valence-corrected chi connectivity index (χ1v) is 3.70. The van der Waals surface area contributed by atoms with Crippen LogP contribution in [0.15, 0.2) is 24.3 Å². The van der Waals surface area contributed by atoms with E-state index in [0.29, 0.717) is 6.54 Å². The second kappa shape index (κ2) is 3.39. The van der Waals surface area contributed by atoms with Crippen molar-refractivity contribution in [3.8, 4) is 0 Å². The van der Waals surface area contributed by atoms with Gasteiger partial charge >= 0.3 is 0 Å². The normalized spacial score (nSPS) is 9.73. The van der Waals surface area contributed by atoms with Crippen molar-refractivity contribution in [2.24, 2.45) is 5.73 Å². The molecule has 0 heterocycles. The highest BCUT2D eigenvalue weighted by atomic mass is 15.1. The maximum absolute atomic E-state index is 5.50. The van der Waals surface area contributed by atoms with E-state index in [1.165, 1.54) is 11.3 Å². The minimum atomic E-state index is 0.613. The molecule has 0 saturated heterocycles. The number of rotatable bonds is 2. The molecular weight excluding hydrogens is 136 g/mol. The molecule has 2 heteroatoms. The van der Waals surface area contributed by atoms with Crippen molar-refractivity contribution in [3.05, 3.63) is 29.8 Å². The lowest BCUT2D eigenvalue weighted by Crippen LogP contribution is -2.09. The molecule has 60 valence electrons. The maximum Gasteiger partial charge on any atom is 0.0364 e. The van der Waals surface area contributed by atoms with Gasteiger partial charge in [-0.2, -0.15) is 0 Å². The van der Waals surface area contributed by atoms with Gasteiger partial charge in [0.25, 0.3) is 0 Å². The molecule has 2 nitrogen and oxygen atoms in total. The third kappa shape index (κ3) is 1.95. The number of hydrogen-bond acceptors (Lipinski definition) is 2. The van der Waals surface area contributed by atoms with Gasteiger partial charge in [0.2, 0.25) is 0 Å². The molecular formula is C9H14N2.